The van der Waals surface area contributed by atoms with Gasteiger partial charge in [-0.15, -0.1) is 0 Å². The molecule has 3 rings (SSSR count). The highest BCUT2D eigenvalue weighted by Crippen LogP contribution is 2.24. The summed E-state index contributed by atoms with van der Waals surface area (Å²) in [5.41, 5.74) is 5.29. The van der Waals surface area contributed by atoms with Crippen LogP contribution in [-0.4, -0.2) is 39.8 Å². The summed E-state index contributed by atoms with van der Waals surface area (Å²) >= 11 is 5.97. The number of rotatable bonds is 9. The standard InChI is InChI=1S/C23H27ClFN7O3/c1-14(2)35-19-9-8-17(12-18(19)25)29-21-30-22(33)31(11-10-28-20(26)27-3)23(34)32(21)13-15-4-6-16(24)7-5-15/h4-9,12,14H,10-11,13H2,1-3H3,(H3,26,27,28)(H,29,30,33). The average Bonchev–Trinajstić information content (AvgIpc) is 2.81. The molecule has 1 heterocycles. The van der Waals surface area contributed by atoms with Gasteiger partial charge in [-0.3, -0.25) is 9.56 Å². The van der Waals surface area contributed by atoms with Crippen molar-refractivity contribution in [3.63, 3.8) is 0 Å². The largest absolute Gasteiger partial charge is 0.488 e. The predicted molar refractivity (Wildman–Crippen MR) is 134 cm³/mol. The van der Waals surface area contributed by atoms with Gasteiger partial charge in [0.15, 0.2) is 17.5 Å². The number of benzene rings is 2. The third-order valence-electron chi connectivity index (χ3n) is 4.84. The number of hydrogen-bond acceptors (Lipinski definition) is 6. The zero-order valence-electron chi connectivity index (χ0n) is 19.6. The second-order valence-corrected chi connectivity index (χ2v) is 8.27. The molecule has 1 aromatic heterocycles. The van der Waals surface area contributed by atoms with Gasteiger partial charge in [-0.1, -0.05) is 23.7 Å². The molecule has 0 fully saturated rings. The predicted octanol–water partition coefficient (Wildman–Crippen LogP) is 2.31. The van der Waals surface area contributed by atoms with Gasteiger partial charge in [0.2, 0.25) is 5.95 Å². The number of hydrogen-bond donors (Lipinski definition) is 3. The van der Waals surface area contributed by atoms with E-state index in [4.69, 9.17) is 22.1 Å². The van der Waals surface area contributed by atoms with Crippen LogP contribution in [0.1, 0.15) is 19.4 Å². The minimum atomic E-state index is -0.765. The molecule has 0 radical (unpaired) electrons. The van der Waals surface area contributed by atoms with Crippen molar-refractivity contribution in [2.45, 2.75) is 33.0 Å². The van der Waals surface area contributed by atoms with Crippen LogP contribution in [0.5, 0.6) is 5.75 Å². The van der Waals surface area contributed by atoms with Crippen LogP contribution in [0.25, 0.3) is 0 Å². The Balaban J connectivity index is 1.99. The minimum Gasteiger partial charge on any atom is -0.488 e. The van der Waals surface area contributed by atoms with Gasteiger partial charge in [0.05, 0.1) is 12.6 Å². The summed E-state index contributed by atoms with van der Waals surface area (Å²) in [4.78, 5) is 33.8. The third kappa shape index (κ3) is 6.82. The van der Waals surface area contributed by atoms with Crippen LogP contribution in [0.4, 0.5) is 16.0 Å². The second kappa shape index (κ2) is 11.5. The van der Waals surface area contributed by atoms with E-state index in [0.29, 0.717) is 10.7 Å². The molecule has 0 aliphatic carbocycles. The molecule has 0 spiro atoms. The molecule has 0 unspecified atom stereocenters. The summed E-state index contributed by atoms with van der Waals surface area (Å²) in [5.74, 6) is -0.358. The summed E-state index contributed by atoms with van der Waals surface area (Å²) in [5, 5.41) is 6.22. The number of nitrogens with one attached hydrogen (secondary N) is 2. The first kappa shape index (κ1) is 25.8. The van der Waals surface area contributed by atoms with Gasteiger partial charge in [0, 0.05) is 36.9 Å². The normalized spacial score (nSPS) is 11.5. The minimum absolute atomic E-state index is 0.0116. The lowest BCUT2D eigenvalue weighted by atomic mass is 10.2. The van der Waals surface area contributed by atoms with Crippen molar-refractivity contribution in [1.29, 1.82) is 0 Å². The van der Waals surface area contributed by atoms with Gasteiger partial charge in [0.25, 0.3) is 0 Å². The highest BCUT2D eigenvalue weighted by molar-refractivity contribution is 6.30. The van der Waals surface area contributed by atoms with E-state index in [-0.39, 0.29) is 43.4 Å². The summed E-state index contributed by atoms with van der Waals surface area (Å²) in [6.07, 6.45) is -0.199. The smallest absolute Gasteiger partial charge is 0.355 e. The Bertz CT molecular complexity index is 1320. The molecule has 0 bridgehead atoms. The Kier molecular flexibility index (Phi) is 8.48. The Labute approximate surface area is 206 Å². The Hall–Kier alpha value is -3.86. The number of ether oxygens (including phenoxy) is 1. The molecule has 0 amide bonds. The SMILES string of the molecule is CN=C(N)NCCn1c(=O)nc(Nc2ccc(OC(C)C)c(F)c2)n(Cc2ccc(Cl)cc2)c1=O. The number of guanidine groups is 1. The molecule has 186 valence electrons. The van der Waals surface area contributed by atoms with Crippen LogP contribution in [0.2, 0.25) is 5.02 Å². The van der Waals surface area contributed by atoms with Crippen molar-refractivity contribution in [2.24, 2.45) is 10.7 Å². The first-order valence-corrected chi connectivity index (χ1v) is 11.2. The number of aliphatic imine (C=N–C) groups is 1. The van der Waals surface area contributed by atoms with E-state index in [9.17, 15) is 14.0 Å². The lowest BCUT2D eigenvalue weighted by molar-refractivity contribution is 0.231. The summed E-state index contributed by atoms with van der Waals surface area (Å²) in [6, 6.07) is 11.1. The molecule has 12 heteroatoms. The van der Waals surface area contributed by atoms with Crippen molar-refractivity contribution in [3.05, 3.63) is 79.8 Å². The molecule has 0 aliphatic heterocycles. The maximum Gasteiger partial charge on any atom is 0.355 e. The Morgan fingerprint density at radius 1 is 1.20 bits per heavy atom. The van der Waals surface area contributed by atoms with Crippen LogP contribution in [0.3, 0.4) is 0 Å². The average molecular weight is 504 g/mol. The molecule has 0 atom stereocenters. The molecule has 3 aromatic rings. The summed E-state index contributed by atoms with van der Waals surface area (Å²) in [6.45, 7) is 3.88. The van der Waals surface area contributed by atoms with Gasteiger partial charge in [-0.2, -0.15) is 4.98 Å². The van der Waals surface area contributed by atoms with Crippen molar-refractivity contribution in [2.75, 3.05) is 18.9 Å². The number of halogens is 2. The van der Waals surface area contributed by atoms with E-state index in [0.717, 1.165) is 10.1 Å². The second-order valence-electron chi connectivity index (χ2n) is 7.84. The van der Waals surface area contributed by atoms with Gasteiger partial charge in [0.1, 0.15) is 0 Å². The van der Waals surface area contributed by atoms with Crippen LogP contribution in [0, 0.1) is 5.82 Å². The van der Waals surface area contributed by atoms with E-state index in [2.05, 4.69) is 20.6 Å². The highest BCUT2D eigenvalue weighted by Gasteiger charge is 2.15. The number of anilines is 2. The summed E-state index contributed by atoms with van der Waals surface area (Å²) in [7, 11) is 1.51. The van der Waals surface area contributed by atoms with Gasteiger partial charge in [-0.05, 0) is 43.7 Å². The maximum atomic E-state index is 14.5. The fourth-order valence-electron chi connectivity index (χ4n) is 3.16. The molecular formula is C23H27ClFN7O3. The van der Waals surface area contributed by atoms with Gasteiger partial charge < -0.3 is 21.1 Å². The molecule has 2 aromatic carbocycles. The fourth-order valence-corrected chi connectivity index (χ4v) is 3.29. The number of nitrogens with zero attached hydrogens (tertiary/aromatic N) is 4. The molecule has 10 nitrogen and oxygen atoms in total. The Morgan fingerprint density at radius 2 is 1.91 bits per heavy atom. The Morgan fingerprint density at radius 3 is 2.54 bits per heavy atom. The molecule has 35 heavy (non-hydrogen) atoms. The zero-order valence-corrected chi connectivity index (χ0v) is 20.3. The third-order valence-corrected chi connectivity index (χ3v) is 5.09. The maximum absolute atomic E-state index is 14.5. The topological polar surface area (TPSA) is 129 Å². The van der Waals surface area contributed by atoms with Gasteiger partial charge >= 0.3 is 11.4 Å². The van der Waals surface area contributed by atoms with Gasteiger partial charge in [-0.25, -0.2) is 18.5 Å². The fraction of sp³-hybridized carbons (Fsp3) is 0.304. The van der Waals surface area contributed by atoms with E-state index in [1.54, 1.807) is 44.2 Å². The monoisotopic (exact) mass is 503 g/mol. The van der Waals surface area contributed by atoms with Crippen molar-refractivity contribution in [1.82, 2.24) is 19.4 Å². The molecular weight excluding hydrogens is 477 g/mol. The van der Waals surface area contributed by atoms with Crippen LogP contribution in [0.15, 0.2) is 57.0 Å². The lowest BCUT2D eigenvalue weighted by Crippen LogP contribution is -2.45. The number of aromatic nitrogens is 3. The first-order valence-electron chi connectivity index (χ1n) is 10.8. The molecule has 4 N–H and O–H groups in total. The molecule has 0 aliphatic rings. The molecule has 0 saturated heterocycles. The van der Waals surface area contributed by atoms with E-state index < -0.39 is 17.2 Å². The van der Waals surface area contributed by atoms with Crippen molar-refractivity contribution >= 4 is 29.2 Å². The van der Waals surface area contributed by atoms with Crippen LogP contribution >= 0.6 is 11.6 Å². The summed E-state index contributed by atoms with van der Waals surface area (Å²) < 4.78 is 22.2. The highest BCUT2D eigenvalue weighted by atomic mass is 35.5. The zero-order chi connectivity index (χ0) is 25.5. The van der Waals surface area contributed by atoms with E-state index >= 15 is 0 Å². The van der Waals surface area contributed by atoms with Crippen LogP contribution < -0.4 is 32.5 Å². The quantitative estimate of drug-likeness (QED) is 0.302. The van der Waals surface area contributed by atoms with Crippen molar-refractivity contribution < 1.29 is 9.13 Å². The first-order chi connectivity index (χ1) is 16.7. The molecule has 0 saturated carbocycles. The van der Waals surface area contributed by atoms with E-state index in [1.807, 2.05) is 0 Å². The van der Waals surface area contributed by atoms with Crippen LogP contribution in [-0.2, 0) is 13.1 Å². The number of nitrogens with two attached hydrogens (primary N) is 1. The van der Waals surface area contributed by atoms with Crippen molar-refractivity contribution in [3.8, 4) is 5.75 Å². The lowest BCUT2D eigenvalue weighted by Gasteiger charge is -2.17. The van der Waals surface area contributed by atoms with E-state index in [1.165, 1.54) is 23.7 Å².